The molecule has 0 saturated heterocycles. The average molecular weight is 394 g/mol. The van der Waals surface area contributed by atoms with Gasteiger partial charge >= 0.3 is 0 Å². The molecule has 100 valence electrons. The Hall–Kier alpha value is -0.920. The highest BCUT2D eigenvalue weighted by Crippen LogP contribution is 2.34. The highest BCUT2D eigenvalue weighted by atomic mass is 127. The first kappa shape index (κ1) is 14.5. The molecule has 1 aromatic heterocycles. The van der Waals surface area contributed by atoms with Crippen LogP contribution in [0.1, 0.15) is 0 Å². The Morgan fingerprint density at radius 3 is 2.63 bits per heavy atom. The van der Waals surface area contributed by atoms with Crippen molar-refractivity contribution in [3.05, 3.63) is 44.9 Å². The van der Waals surface area contributed by atoms with Crippen LogP contribution in [0.2, 0.25) is 5.15 Å². The fraction of sp³-hybridized carbons (Fsp3) is 0.154. The minimum atomic E-state index is -0.306. The van der Waals surface area contributed by atoms with Crippen LogP contribution in [0.4, 0.5) is 4.39 Å². The highest BCUT2D eigenvalue weighted by molar-refractivity contribution is 14.1. The second-order valence-electron chi connectivity index (χ2n) is 3.66. The van der Waals surface area contributed by atoms with Gasteiger partial charge in [-0.2, -0.15) is 0 Å². The van der Waals surface area contributed by atoms with E-state index in [2.05, 4.69) is 27.6 Å². The molecule has 2 aromatic rings. The highest BCUT2D eigenvalue weighted by Gasteiger charge is 2.14. The summed E-state index contributed by atoms with van der Waals surface area (Å²) in [6, 6.07) is 7.68. The van der Waals surface area contributed by atoms with Gasteiger partial charge in [0.25, 0.3) is 0 Å². The summed E-state index contributed by atoms with van der Waals surface area (Å²) in [6.45, 7) is 0.105. The number of methoxy groups -OCH3 is 1. The first-order valence-electron chi connectivity index (χ1n) is 5.35. The smallest absolute Gasteiger partial charge is 0.188 e. The summed E-state index contributed by atoms with van der Waals surface area (Å²) < 4.78 is 24.2. The maximum Gasteiger partial charge on any atom is 0.188 e. The second-order valence-corrected chi connectivity index (χ2v) is 5.21. The Morgan fingerprint density at radius 1 is 1.32 bits per heavy atom. The van der Waals surface area contributed by atoms with Crippen LogP contribution in [-0.4, -0.2) is 18.9 Å². The summed E-state index contributed by atoms with van der Waals surface area (Å²) in [5.74, 6) is 0.262. The normalized spacial score (nSPS) is 10.5. The van der Waals surface area contributed by atoms with Gasteiger partial charge in [0, 0.05) is 12.7 Å². The van der Waals surface area contributed by atoms with Crippen molar-refractivity contribution >= 4 is 34.2 Å². The maximum atomic E-state index is 13.0. The number of aromatic nitrogens is 1. The summed E-state index contributed by atoms with van der Waals surface area (Å²) in [7, 11) is 1.54. The van der Waals surface area contributed by atoms with Crippen LogP contribution in [0.3, 0.4) is 0 Å². The van der Waals surface area contributed by atoms with E-state index in [1.165, 1.54) is 19.2 Å². The van der Waals surface area contributed by atoms with Gasteiger partial charge in [-0.25, -0.2) is 9.37 Å². The molecule has 0 fully saturated rings. The van der Waals surface area contributed by atoms with E-state index in [1.54, 1.807) is 18.2 Å². The number of benzene rings is 1. The Kier molecular flexibility index (Phi) is 4.95. The van der Waals surface area contributed by atoms with E-state index in [9.17, 15) is 4.39 Å². The first-order chi connectivity index (χ1) is 9.11. The van der Waals surface area contributed by atoms with Gasteiger partial charge in [0.1, 0.15) is 16.7 Å². The molecule has 0 spiro atoms. The topological polar surface area (TPSA) is 31.4 Å². The second kappa shape index (κ2) is 6.49. The summed E-state index contributed by atoms with van der Waals surface area (Å²) in [4.78, 5) is 4.24. The van der Waals surface area contributed by atoms with Crippen molar-refractivity contribution in [1.29, 1.82) is 0 Å². The number of halogens is 3. The van der Waals surface area contributed by atoms with E-state index in [-0.39, 0.29) is 12.6 Å². The molecule has 0 saturated carbocycles. The number of nitrogens with zero attached hydrogens (tertiary/aromatic N) is 1. The zero-order chi connectivity index (χ0) is 13.8. The van der Waals surface area contributed by atoms with Gasteiger partial charge in [-0.15, -0.1) is 0 Å². The van der Waals surface area contributed by atoms with E-state index >= 15 is 0 Å². The lowest BCUT2D eigenvalue weighted by Gasteiger charge is -2.12. The SMILES string of the molecule is COCOc1c(I)cc(Cl)nc1-c1ccc(F)cc1. The Balaban J connectivity index is 2.50. The quantitative estimate of drug-likeness (QED) is 0.445. The van der Waals surface area contributed by atoms with Crippen molar-refractivity contribution in [3.8, 4) is 17.0 Å². The molecule has 1 heterocycles. The monoisotopic (exact) mass is 393 g/mol. The largest absolute Gasteiger partial charge is 0.464 e. The fourth-order valence-electron chi connectivity index (χ4n) is 1.53. The predicted octanol–water partition coefficient (Wildman–Crippen LogP) is 4.13. The van der Waals surface area contributed by atoms with Gasteiger partial charge in [0.05, 0.1) is 3.57 Å². The predicted molar refractivity (Wildman–Crippen MR) is 79.9 cm³/mol. The zero-order valence-corrected chi connectivity index (χ0v) is 12.9. The zero-order valence-electron chi connectivity index (χ0n) is 9.99. The molecule has 2 rings (SSSR count). The molecule has 3 nitrogen and oxygen atoms in total. The molecular formula is C13H10ClFINO2. The summed E-state index contributed by atoms with van der Waals surface area (Å²) >= 11 is 8.07. The third-order valence-electron chi connectivity index (χ3n) is 2.34. The summed E-state index contributed by atoms with van der Waals surface area (Å²) in [5.41, 5.74) is 1.29. The lowest BCUT2D eigenvalue weighted by atomic mass is 10.1. The fourth-order valence-corrected chi connectivity index (χ4v) is 2.62. The van der Waals surface area contributed by atoms with Crippen molar-refractivity contribution in [1.82, 2.24) is 4.98 Å². The number of hydrogen-bond donors (Lipinski definition) is 0. The van der Waals surface area contributed by atoms with Crippen LogP contribution in [0, 0.1) is 9.39 Å². The molecule has 19 heavy (non-hydrogen) atoms. The molecule has 0 bridgehead atoms. The van der Waals surface area contributed by atoms with Crippen LogP contribution in [0.15, 0.2) is 30.3 Å². The molecule has 0 aliphatic rings. The molecule has 0 radical (unpaired) electrons. The minimum absolute atomic E-state index is 0.105. The number of hydrogen-bond acceptors (Lipinski definition) is 3. The summed E-state index contributed by atoms with van der Waals surface area (Å²) in [6.07, 6.45) is 0. The molecule has 0 aliphatic heterocycles. The standard InChI is InChI=1S/C13H10ClFINO2/c1-18-7-19-13-10(16)6-11(14)17-12(13)8-2-4-9(15)5-3-8/h2-6H,7H2,1H3. The van der Waals surface area contributed by atoms with Gasteiger partial charge in [0.15, 0.2) is 12.5 Å². The molecule has 0 amide bonds. The van der Waals surface area contributed by atoms with E-state index in [0.29, 0.717) is 16.6 Å². The third kappa shape index (κ3) is 3.55. The van der Waals surface area contributed by atoms with Crippen molar-refractivity contribution in [2.45, 2.75) is 0 Å². The maximum absolute atomic E-state index is 13.0. The van der Waals surface area contributed by atoms with Gasteiger partial charge in [0.2, 0.25) is 0 Å². The van der Waals surface area contributed by atoms with Crippen LogP contribution in [-0.2, 0) is 4.74 Å². The van der Waals surface area contributed by atoms with E-state index in [0.717, 1.165) is 9.13 Å². The van der Waals surface area contributed by atoms with Gasteiger partial charge in [-0.05, 0) is 52.9 Å². The molecule has 0 unspecified atom stereocenters. The van der Waals surface area contributed by atoms with E-state index < -0.39 is 0 Å². The van der Waals surface area contributed by atoms with Crippen LogP contribution in [0.5, 0.6) is 5.75 Å². The lowest BCUT2D eigenvalue weighted by molar-refractivity contribution is 0.0507. The van der Waals surface area contributed by atoms with Crippen molar-refractivity contribution in [2.24, 2.45) is 0 Å². The van der Waals surface area contributed by atoms with E-state index in [1.807, 2.05) is 0 Å². The molecular weight excluding hydrogens is 384 g/mol. The van der Waals surface area contributed by atoms with Crippen molar-refractivity contribution < 1.29 is 13.9 Å². The number of ether oxygens (including phenoxy) is 2. The molecule has 1 aromatic carbocycles. The van der Waals surface area contributed by atoms with Crippen LogP contribution >= 0.6 is 34.2 Å². The lowest BCUT2D eigenvalue weighted by Crippen LogP contribution is -2.03. The molecule has 6 heteroatoms. The Bertz CT molecular complexity index is 578. The van der Waals surface area contributed by atoms with E-state index in [4.69, 9.17) is 21.1 Å². The van der Waals surface area contributed by atoms with Crippen molar-refractivity contribution in [2.75, 3.05) is 13.9 Å². The third-order valence-corrected chi connectivity index (χ3v) is 3.33. The van der Waals surface area contributed by atoms with Gasteiger partial charge in [-0.3, -0.25) is 0 Å². The first-order valence-corrected chi connectivity index (χ1v) is 6.81. The minimum Gasteiger partial charge on any atom is -0.464 e. The average Bonchev–Trinajstić information content (AvgIpc) is 2.38. The Labute approximate surface area is 128 Å². The molecule has 0 N–H and O–H groups in total. The van der Waals surface area contributed by atoms with Crippen LogP contribution < -0.4 is 4.74 Å². The van der Waals surface area contributed by atoms with Gasteiger partial charge < -0.3 is 9.47 Å². The molecule has 0 atom stereocenters. The van der Waals surface area contributed by atoms with Crippen molar-refractivity contribution in [3.63, 3.8) is 0 Å². The number of rotatable bonds is 4. The number of pyridine rings is 1. The van der Waals surface area contributed by atoms with Crippen LogP contribution in [0.25, 0.3) is 11.3 Å². The molecule has 0 aliphatic carbocycles. The Morgan fingerprint density at radius 2 is 2.00 bits per heavy atom. The van der Waals surface area contributed by atoms with Gasteiger partial charge in [-0.1, -0.05) is 11.6 Å². The summed E-state index contributed by atoms with van der Waals surface area (Å²) in [5, 5.41) is 0.355.